The van der Waals surface area contributed by atoms with Crippen molar-refractivity contribution in [3.05, 3.63) is 65.2 Å². The standard InChI is InChI=1S/C24H31F2N3O2/c1-2-3-14-31-22-8-4-18(5-9-22)16-29(17-19-6-7-20(25)15-23(19)26)24(30)28-21-10-12-27-13-11-21/h4-9,15,21,27H,2-3,10-14,16-17H2,1H3,(H,28,30). The van der Waals surface area contributed by atoms with Crippen molar-refractivity contribution in [2.24, 2.45) is 0 Å². The Bertz CT molecular complexity index is 839. The lowest BCUT2D eigenvalue weighted by molar-refractivity contribution is 0.184. The van der Waals surface area contributed by atoms with Gasteiger partial charge in [-0.2, -0.15) is 0 Å². The average Bonchev–Trinajstić information content (AvgIpc) is 2.77. The minimum atomic E-state index is -0.653. The molecule has 0 bridgehead atoms. The lowest BCUT2D eigenvalue weighted by Gasteiger charge is -2.29. The molecule has 1 heterocycles. The molecule has 2 aromatic carbocycles. The maximum absolute atomic E-state index is 14.2. The van der Waals surface area contributed by atoms with Crippen LogP contribution in [0.15, 0.2) is 42.5 Å². The molecule has 0 saturated carbocycles. The summed E-state index contributed by atoms with van der Waals surface area (Å²) in [6.07, 6.45) is 3.78. The topological polar surface area (TPSA) is 53.6 Å². The zero-order chi connectivity index (χ0) is 22.1. The van der Waals surface area contributed by atoms with Crippen molar-refractivity contribution < 1.29 is 18.3 Å². The summed E-state index contributed by atoms with van der Waals surface area (Å²) in [5.74, 6) is -0.502. The summed E-state index contributed by atoms with van der Waals surface area (Å²) < 4.78 is 33.2. The molecule has 0 aliphatic carbocycles. The van der Waals surface area contributed by atoms with Crippen LogP contribution in [0.2, 0.25) is 0 Å². The fourth-order valence-corrected chi connectivity index (χ4v) is 3.53. The second-order valence-corrected chi connectivity index (χ2v) is 7.91. The molecule has 0 radical (unpaired) electrons. The van der Waals surface area contributed by atoms with E-state index in [4.69, 9.17) is 4.74 Å². The number of hydrogen-bond donors (Lipinski definition) is 2. The number of benzene rings is 2. The van der Waals surface area contributed by atoms with Gasteiger partial charge in [-0.3, -0.25) is 0 Å². The van der Waals surface area contributed by atoms with Gasteiger partial charge in [0.25, 0.3) is 0 Å². The number of nitrogens with zero attached hydrogens (tertiary/aromatic N) is 1. The first-order valence-electron chi connectivity index (χ1n) is 11.0. The van der Waals surface area contributed by atoms with Gasteiger partial charge in [0, 0.05) is 24.2 Å². The number of rotatable bonds is 9. The third-order valence-electron chi connectivity index (χ3n) is 5.39. The molecule has 0 aromatic heterocycles. The lowest BCUT2D eigenvalue weighted by atomic mass is 10.1. The molecule has 1 aliphatic heterocycles. The molecular weight excluding hydrogens is 400 g/mol. The van der Waals surface area contributed by atoms with Crippen molar-refractivity contribution in [1.82, 2.24) is 15.5 Å². The van der Waals surface area contributed by atoms with Gasteiger partial charge in [-0.15, -0.1) is 0 Å². The summed E-state index contributed by atoms with van der Waals surface area (Å²) in [6, 6.07) is 10.9. The molecule has 7 heteroatoms. The van der Waals surface area contributed by atoms with Crippen molar-refractivity contribution in [2.75, 3.05) is 19.7 Å². The van der Waals surface area contributed by atoms with Crippen LogP contribution >= 0.6 is 0 Å². The smallest absolute Gasteiger partial charge is 0.318 e. The van der Waals surface area contributed by atoms with Crippen molar-refractivity contribution in [3.8, 4) is 5.75 Å². The predicted molar refractivity (Wildman–Crippen MR) is 117 cm³/mol. The van der Waals surface area contributed by atoms with E-state index in [0.29, 0.717) is 13.2 Å². The molecule has 0 unspecified atom stereocenters. The van der Waals surface area contributed by atoms with Crippen LogP contribution in [0.5, 0.6) is 5.75 Å². The first-order chi connectivity index (χ1) is 15.0. The molecular formula is C24H31F2N3O2. The summed E-state index contributed by atoms with van der Waals surface area (Å²) >= 11 is 0. The van der Waals surface area contributed by atoms with Gasteiger partial charge in [0.1, 0.15) is 17.4 Å². The Labute approximate surface area is 182 Å². The molecule has 3 rings (SSSR count). The highest BCUT2D eigenvalue weighted by atomic mass is 19.1. The first kappa shape index (κ1) is 23.0. The van der Waals surface area contributed by atoms with Crippen LogP contribution in [0, 0.1) is 11.6 Å². The summed E-state index contributed by atoms with van der Waals surface area (Å²) in [6.45, 7) is 4.86. The van der Waals surface area contributed by atoms with Gasteiger partial charge in [0.05, 0.1) is 13.2 Å². The van der Waals surface area contributed by atoms with Gasteiger partial charge in [0.2, 0.25) is 0 Å². The first-order valence-corrected chi connectivity index (χ1v) is 11.0. The van der Waals surface area contributed by atoms with Crippen molar-refractivity contribution in [2.45, 2.75) is 51.7 Å². The quantitative estimate of drug-likeness (QED) is 0.570. The van der Waals surface area contributed by atoms with Crippen LogP contribution in [-0.4, -0.2) is 36.7 Å². The molecule has 1 aliphatic rings. The highest BCUT2D eigenvalue weighted by Crippen LogP contribution is 2.18. The SMILES string of the molecule is CCCCOc1ccc(CN(Cc2ccc(F)cc2F)C(=O)NC2CCNCC2)cc1. The van der Waals surface area contributed by atoms with Crippen LogP contribution in [0.4, 0.5) is 13.6 Å². The van der Waals surface area contributed by atoms with Crippen LogP contribution in [-0.2, 0) is 13.1 Å². The van der Waals surface area contributed by atoms with E-state index < -0.39 is 11.6 Å². The third kappa shape index (κ3) is 7.21. The maximum Gasteiger partial charge on any atom is 0.318 e. The fourth-order valence-electron chi connectivity index (χ4n) is 3.53. The van der Waals surface area contributed by atoms with Crippen LogP contribution in [0.25, 0.3) is 0 Å². The largest absolute Gasteiger partial charge is 0.494 e. The number of carbonyl (C=O) groups is 1. The minimum Gasteiger partial charge on any atom is -0.494 e. The Morgan fingerprint density at radius 1 is 1.13 bits per heavy atom. The molecule has 168 valence electrons. The molecule has 1 fully saturated rings. The maximum atomic E-state index is 14.2. The highest BCUT2D eigenvalue weighted by molar-refractivity contribution is 5.74. The van der Waals surface area contributed by atoms with Crippen LogP contribution in [0.3, 0.4) is 0 Å². The van der Waals surface area contributed by atoms with Crippen LogP contribution < -0.4 is 15.4 Å². The van der Waals surface area contributed by atoms with Crippen molar-refractivity contribution in [1.29, 1.82) is 0 Å². The number of ether oxygens (including phenoxy) is 1. The third-order valence-corrected chi connectivity index (χ3v) is 5.39. The van der Waals surface area contributed by atoms with E-state index in [1.165, 1.54) is 12.1 Å². The Morgan fingerprint density at radius 2 is 1.87 bits per heavy atom. The van der Waals surface area contributed by atoms with E-state index in [9.17, 15) is 13.6 Å². The summed E-state index contributed by atoms with van der Waals surface area (Å²) in [5, 5.41) is 6.33. The number of halogens is 2. The minimum absolute atomic E-state index is 0.0532. The second-order valence-electron chi connectivity index (χ2n) is 7.91. The summed E-state index contributed by atoms with van der Waals surface area (Å²) in [7, 11) is 0. The van der Waals surface area contributed by atoms with Gasteiger partial charge in [-0.25, -0.2) is 13.6 Å². The molecule has 2 amide bonds. The van der Waals surface area contributed by atoms with Gasteiger partial charge >= 0.3 is 6.03 Å². The van der Waals surface area contributed by atoms with E-state index in [-0.39, 0.29) is 24.2 Å². The normalized spacial score (nSPS) is 14.3. The summed E-state index contributed by atoms with van der Waals surface area (Å²) in [4.78, 5) is 14.6. The Hall–Kier alpha value is -2.67. The van der Waals surface area contributed by atoms with Crippen molar-refractivity contribution >= 4 is 6.03 Å². The second kappa shape index (κ2) is 11.6. The van der Waals surface area contributed by atoms with E-state index in [2.05, 4.69) is 17.6 Å². The fraction of sp³-hybridized carbons (Fsp3) is 0.458. The van der Waals surface area contributed by atoms with E-state index in [1.54, 1.807) is 4.90 Å². The monoisotopic (exact) mass is 431 g/mol. The number of amides is 2. The van der Waals surface area contributed by atoms with Gasteiger partial charge in [0.15, 0.2) is 0 Å². The molecule has 5 nitrogen and oxygen atoms in total. The zero-order valence-electron chi connectivity index (χ0n) is 18.0. The Kier molecular flexibility index (Phi) is 8.64. The average molecular weight is 432 g/mol. The highest BCUT2D eigenvalue weighted by Gasteiger charge is 2.21. The molecule has 0 spiro atoms. The van der Waals surface area contributed by atoms with Crippen LogP contribution in [0.1, 0.15) is 43.7 Å². The molecule has 2 aromatic rings. The summed E-state index contributed by atoms with van der Waals surface area (Å²) in [5.41, 5.74) is 1.19. The Morgan fingerprint density at radius 3 is 2.55 bits per heavy atom. The zero-order valence-corrected chi connectivity index (χ0v) is 18.0. The van der Waals surface area contributed by atoms with Gasteiger partial charge < -0.3 is 20.3 Å². The number of hydrogen-bond acceptors (Lipinski definition) is 3. The predicted octanol–water partition coefficient (Wildman–Crippen LogP) is 4.61. The molecule has 31 heavy (non-hydrogen) atoms. The van der Waals surface area contributed by atoms with Gasteiger partial charge in [-0.05, 0) is 56.1 Å². The number of unbranched alkanes of at least 4 members (excludes halogenated alkanes) is 1. The molecule has 2 N–H and O–H groups in total. The number of urea groups is 1. The molecule has 0 atom stereocenters. The van der Waals surface area contributed by atoms with E-state index in [0.717, 1.165) is 56.2 Å². The number of piperidine rings is 1. The molecule has 1 saturated heterocycles. The lowest BCUT2D eigenvalue weighted by Crippen LogP contribution is -2.48. The number of nitrogens with one attached hydrogen (secondary N) is 2. The van der Waals surface area contributed by atoms with E-state index in [1.807, 2.05) is 24.3 Å². The van der Waals surface area contributed by atoms with E-state index >= 15 is 0 Å². The Balaban J connectivity index is 1.70. The van der Waals surface area contributed by atoms with Gasteiger partial charge in [-0.1, -0.05) is 31.5 Å². The number of carbonyl (C=O) groups excluding carboxylic acids is 1. The van der Waals surface area contributed by atoms with Crippen molar-refractivity contribution in [3.63, 3.8) is 0 Å².